The molecule has 0 amide bonds. The van der Waals surface area contributed by atoms with Gasteiger partial charge in [0.25, 0.3) is 0 Å². The average molecular weight is 805 g/mol. The Balaban J connectivity index is 0.998. The molecule has 1 atom stereocenters. The van der Waals surface area contributed by atoms with E-state index >= 15 is 4.39 Å². The van der Waals surface area contributed by atoms with Crippen LogP contribution in [0.1, 0.15) is 48.4 Å². The maximum absolute atomic E-state index is 15.5. The van der Waals surface area contributed by atoms with Crippen LogP contribution in [0, 0.1) is 29.5 Å². The molecular formula is C54H45FN2O2S. The standard InChI is InChI=1S/C54H45FN2O2S/c1-2-12-40-19-23-43(24-20-40)50-32-27-45-35-41(21-30-51(45)53(50)37-56-57(46-13-6-3-7-14-46)47-15-8-4-9-16-47)17-18-42-22-31-52(54(55)36-42)44-25-28-49(29-26-44)60-34-11-5-10-33-58-38-48-39-59-48/h3-4,6-9,13-16,19-32,35-37,48H,5,10-11,33-34,38-39H2,1H3/b56-37+. The van der Waals surface area contributed by atoms with Crippen LogP contribution in [0.15, 0.2) is 168 Å². The highest BCUT2D eigenvalue weighted by Gasteiger charge is 2.22. The highest BCUT2D eigenvalue weighted by atomic mass is 32.2. The Labute approximate surface area is 357 Å². The lowest BCUT2D eigenvalue weighted by atomic mass is 9.93. The van der Waals surface area contributed by atoms with Gasteiger partial charge in [-0.3, -0.25) is 0 Å². The molecule has 1 saturated heterocycles. The Kier molecular flexibility index (Phi) is 13.5. The van der Waals surface area contributed by atoms with Crippen LogP contribution in [0.4, 0.5) is 15.8 Å². The Morgan fingerprint density at radius 3 is 2.02 bits per heavy atom. The third-order valence-electron chi connectivity index (χ3n) is 10.2. The first-order valence-corrected chi connectivity index (χ1v) is 21.4. The van der Waals surface area contributed by atoms with Gasteiger partial charge in [0.15, 0.2) is 0 Å². The van der Waals surface area contributed by atoms with E-state index in [-0.39, 0.29) is 5.82 Å². The summed E-state index contributed by atoms with van der Waals surface area (Å²) in [7, 11) is 0. The van der Waals surface area contributed by atoms with Gasteiger partial charge < -0.3 is 9.47 Å². The molecule has 8 rings (SSSR count). The van der Waals surface area contributed by atoms with Gasteiger partial charge in [-0.25, -0.2) is 9.40 Å². The van der Waals surface area contributed by atoms with Crippen molar-refractivity contribution in [3.63, 3.8) is 0 Å². The minimum Gasteiger partial charge on any atom is -0.379 e. The molecule has 60 heavy (non-hydrogen) atoms. The van der Waals surface area contributed by atoms with Crippen molar-refractivity contribution in [1.29, 1.82) is 0 Å². The molecule has 7 aromatic rings. The quantitative estimate of drug-likeness (QED) is 0.0258. The summed E-state index contributed by atoms with van der Waals surface area (Å²) >= 11 is 1.83. The lowest BCUT2D eigenvalue weighted by Crippen LogP contribution is -2.09. The van der Waals surface area contributed by atoms with Crippen LogP contribution in [-0.2, 0) is 9.47 Å². The number of anilines is 2. The Morgan fingerprint density at radius 2 is 1.33 bits per heavy atom. The fourth-order valence-electron chi connectivity index (χ4n) is 6.99. The molecule has 4 nitrogen and oxygen atoms in total. The minimum atomic E-state index is -0.289. The first-order valence-electron chi connectivity index (χ1n) is 20.4. The largest absolute Gasteiger partial charge is 0.379 e. The Morgan fingerprint density at radius 1 is 0.700 bits per heavy atom. The van der Waals surface area contributed by atoms with Gasteiger partial charge in [-0.05, 0) is 126 Å². The molecule has 0 aromatic heterocycles. The van der Waals surface area contributed by atoms with Crippen LogP contribution in [0.5, 0.6) is 0 Å². The van der Waals surface area contributed by atoms with E-state index in [9.17, 15) is 0 Å². The van der Waals surface area contributed by atoms with Crippen molar-refractivity contribution in [2.45, 2.75) is 37.2 Å². The summed E-state index contributed by atoms with van der Waals surface area (Å²) < 4.78 is 26.3. The van der Waals surface area contributed by atoms with Gasteiger partial charge in [-0.15, -0.1) is 17.7 Å². The number of ether oxygens (including phenoxy) is 2. The van der Waals surface area contributed by atoms with Gasteiger partial charge in [0.1, 0.15) is 11.9 Å². The normalized spacial score (nSPS) is 13.1. The molecule has 0 radical (unpaired) electrons. The fraction of sp³-hybridized carbons (Fsp3) is 0.167. The number of hydrogen-bond acceptors (Lipinski definition) is 5. The lowest BCUT2D eigenvalue weighted by molar-refractivity contribution is 0.113. The number of fused-ring (bicyclic) bond motifs is 1. The smallest absolute Gasteiger partial charge is 0.132 e. The number of unbranched alkanes of at least 4 members (excludes halogenated alkanes) is 2. The van der Waals surface area contributed by atoms with Crippen molar-refractivity contribution in [2.75, 3.05) is 30.6 Å². The van der Waals surface area contributed by atoms with Crippen molar-refractivity contribution in [3.8, 4) is 45.9 Å². The topological polar surface area (TPSA) is 37.4 Å². The lowest BCUT2D eigenvalue weighted by Gasteiger charge is -2.20. The first-order chi connectivity index (χ1) is 29.6. The van der Waals surface area contributed by atoms with Crippen molar-refractivity contribution < 1.29 is 13.9 Å². The molecule has 296 valence electrons. The third-order valence-corrected chi connectivity index (χ3v) is 11.3. The molecule has 0 N–H and O–H groups in total. The monoisotopic (exact) mass is 804 g/mol. The van der Waals surface area contributed by atoms with Crippen LogP contribution in [0.3, 0.4) is 0 Å². The van der Waals surface area contributed by atoms with E-state index in [1.807, 2.05) is 96.6 Å². The van der Waals surface area contributed by atoms with Crippen LogP contribution in [-0.4, -0.2) is 37.9 Å². The van der Waals surface area contributed by atoms with E-state index in [0.717, 1.165) is 100 Å². The predicted molar refractivity (Wildman–Crippen MR) is 248 cm³/mol. The molecule has 0 bridgehead atoms. The molecular weight excluding hydrogens is 760 g/mol. The maximum Gasteiger partial charge on any atom is 0.132 e. The zero-order chi connectivity index (χ0) is 40.9. The highest BCUT2D eigenvalue weighted by Crippen LogP contribution is 2.32. The number of rotatable bonds is 15. The van der Waals surface area contributed by atoms with Gasteiger partial charge >= 0.3 is 0 Å². The number of halogens is 1. The average Bonchev–Trinajstić information content (AvgIpc) is 4.13. The summed E-state index contributed by atoms with van der Waals surface area (Å²) in [5.41, 5.74) is 8.87. The molecule has 7 aromatic carbocycles. The molecule has 1 fully saturated rings. The van der Waals surface area contributed by atoms with Crippen molar-refractivity contribution >= 4 is 40.1 Å². The van der Waals surface area contributed by atoms with E-state index in [2.05, 4.69) is 109 Å². The number of epoxide rings is 1. The van der Waals surface area contributed by atoms with E-state index < -0.39 is 0 Å². The minimum absolute atomic E-state index is 0.289. The third kappa shape index (κ3) is 10.6. The number of thioether (sulfide) groups is 1. The summed E-state index contributed by atoms with van der Waals surface area (Å²) in [5, 5.41) is 9.13. The maximum atomic E-state index is 15.5. The molecule has 1 heterocycles. The molecule has 0 aliphatic carbocycles. The molecule has 6 heteroatoms. The molecule has 0 saturated carbocycles. The zero-order valence-electron chi connectivity index (χ0n) is 33.6. The molecule has 1 aliphatic rings. The van der Waals surface area contributed by atoms with Crippen LogP contribution in [0.25, 0.3) is 33.0 Å². The first kappa shape index (κ1) is 40.4. The van der Waals surface area contributed by atoms with Gasteiger partial charge in [-0.1, -0.05) is 109 Å². The Hall–Kier alpha value is -6.41. The Bertz CT molecular complexity index is 2650. The summed E-state index contributed by atoms with van der Waals surface area (Å²) in [5.74, 6) is 13.4. The second kappa shape index (κ2) is 20.0. The van der Waals surface area contributed by atoms with Crippen molar-refractivity contribution in [2.24, 2.45) is 5.10 Å². The van der Waals surface area contributed by atoms with Crippen molar-refractivity contribution in [1.82, 2.24) is 0 Å². The van der Waals surface area contributed by atoms with Crippen LogP contribution in [0.2, 0.25) is 0 Å². The highest BCUT2D eigenvalue weighted by molar-refractivity contribution is 7.99. The summed E-state index contributed by atoms with van der Waals surface area (Å²) in [6, 6.07) is 52.5. The molecule has 0 spiro atoms. The van der Waals surface area contributed by atoms with E-state index in [1.165, 1.54) is 11.0 Å². The van der Waals surface area contributed by atoms with E-state index in [4.69, 9.17) is 14.6 Å². The number of hydrogen-bond donors (Lipinski definition) is 0. The number of nitrogens with zero attached hydrogens (tertiary/aromatic N) is 2. The zero-order valence-corrected chi connectivity index (χ0v) is 34.4. The fourth-order valence-corrected chi connectivity index (χ4v) is 7.90. The summed E-state index contributed by atoms with van der Waals surface area (Å²) in [6.07, 6.45) is 5.63. The molecule has 1 aliphatic heterocycles. The SMILES string of the molecule is CC#Cc1ccc(-c2ccc3cc(C#Cc4ccc(-c5ccc(SCCCCCOCC6CO6)cc5)c(F)c4)ccc3c2/C=N/N(c2ccccc2)c2ccccc2)cc1. The second-order valence-corrected chi connectivity index (χ2v) is 15.7. The van der Waals surface area contributed by atoms with E-state index in [1.54, 1.807) is 0 Å². The second-order valence-electron chi connectivity index (χ2n) is 14.6. The van der Waals surface area contributed by atoms with Gasteiger partial charge in [0.05, 0.1) is 30.8 Å². The number of para-hydroxylation sites is 2. The van der Waals surface area contributed by atoms with E-state index in [0.29, 0.717) is 17.2 Å². The molecule has 1 unspecified atom stereocenters. The summed E-state index contributed by atoms with van der Waals surface area (Å²) in [6.45, 7) is 4.21. The predicted octanol–water partition coefficient (Wildman–Crippen LogP) is 12.9. The van der Waals surface area contributed by atoms with Gasteiger partial charge in [0, 0.05) is 39.3 Å². The van der Waals surface area contributed by atoms with Gasteiger partial charge in [0.2, 0.25) is 0 Å². The van der Waals surface area contributed by atoms with Crippen LogP contribution >= 0.6 is 11.8 Å². The number of benzene rings is 7. The summed E-state index contributed by atoms with van der Waals surface area (Å²) in [4.78, 5) is 1.19. The van der Waals surface area contributed by atoms with Crippen LogP contribution < -0.4 is 5.01 Å². The number of hydrazone groups is 1. The van der Waals surface area contributed by atoms with Gasteiger partial charge in [-0.2, -0.15) is 5.10 Å². The van der Waals surface area contributed by atoms with Crippen molar-refractivity contribution in [3.05, 3.63) is 186 Å².